The van der Waals surface area contributed by atoms with Crippen molar-refractivity contribution in [3.8, 4) is 0 Å². The Morgan fingerprint density at radius 1 is 0.524 bits per heavy atom. The highest BCUT2D eigenvalue weighted by Crippen LogP contribution is 2.35. The van der Waals surface area contributed by atoms with Crippen molar-refractivity contribution in [2.24, 2.45) is 0 Å². The zero-order valence-corrected chi connectivity index (χ0v) is 10.1. The van der Waals surface area contributed by atoms with Gasteiger partial charge >= 0.3 is 10.1 Å². The molecule has 1 radical (unpaired) electrons. The number of halogens is 7. The van der Waals surface area contributed by atoms with E-state index in [1.54, 1.807) is 0 Å². The normalized spacial score (nSPS) is 12.2. The molecule has 3 nitrogen and oxygen atoms in total. The molecule has 0 saturated heterocycles. The Bertz CT molecular complexity index is 892. The van der Waals surface area contributed by atoms with Crippen LogP contribution in [-0.2, 0) is 14.7 Å². The highest BCUT2D eigenvalue weighted by molar-refractivity contribution is 7.85. The van der Waals surface area contributed by atoms with Crippen molar-refractivity contribution in [2.75, 3.05) is 0 Å². The van der Waals surface area contributed by atoms with Gasteiger partial charge in [0.25, 0.3) is 0 Å². The first-order valence-corrected chi connectivity index (χ1v) is 6.19. The molecular formula is C10F7O3S. The predicted octanol–water partition coefficient (Wildman–Crippen LogP) is 2.93. The summed E-state index contributed by atoms with van der Waals surface area (Å²) in [6.45, 7) is 0. The lowest BCUT2D eigenvalue weighted by molar-refractivity contribution is 0.389. The molecule has 0 spiro atoms. The van der Waals surface area contributed by atoms with Gasteiger partial charge < -0.3 is 0 Å². The summed E-state index contributed by atoms with van der Waals surface area (Å²) in [5, 5.41) is -4.02. The molecule has 0 amide bonds. The minimum atomic E-state index is -5.98. The molecule has 0 aliphatic carbocycles. The van der Waals surface area contributed by atoms with Gasteiger partial charge in [0.15, 0.2) is 45.6 Å². The molecule has 0 unspecified atom stereocenters. The molecule has 0 heterocycles. The van der Waals surface area contributed by atoms with E-state index in [1.807, 2.05) is 0 Å². The van der Waals surface area contributed by atoms with Gasteiger partial charge in [-0.1, -0.05) is 4.55 Å². The summed E-state index contributed by atoms with van der Waals surface area (Å²) in [6, 6.07) is 0. The molecule has 113 valence electrons. The van der Waals surface area contributed by atoms with Crippen LogP contribution < -0.4 is 0 Å². The molecule has 0 N–H and O–H groups in total. The van der Waals surface area contributed by atoms with Crippen LogP contribution in [0.15, 0.2) is 4.90 Å². The average Bonchev–Trinajstić information content (AvgIpc) is 2.36. The lowest BCUT2D eigenvalue weighted by Gasteiger charge is -2.10. The maximum atomic E-state index is 13.7. The molecule has 0 saturated carbocycles. The number of hydrogen-bond acceptors (Lipinski definition) is 2. The van der Waals surface area contributed by atoms with Crippen LogP contribution in [0.1, 0.15) is 0 Å². The first kappa shape index (κ1) is 15.5. The first-order chi connectivity index (χ1) is 9.50. The summed E-state index contributed by atoms with van der Waals surface area (Å²) in [5.41, 5.74) is 0. The van der Waals surface area contributed by atoms with E-state index in [2.05, 4.69) is 0 Å². The third-order valence-corrected chi connectivity index (χ3v) is 3.41. The Balaban J connectivity index is 3.27. The van der Waals surface area contributed by atoms with E-state index in [0.29, 0.717) is 0 Å². The number of benzene rings is 2. The minimum Gasteiger partial charge on any atom is -0.205 e. The Kier molecular flexibility index (Phi) is 3.37. The van der Waals surface area contributed by atoms with Crippen LogP contribution in [0.4, 0.5) is 30.7 Å². The molecule has 2 aromatic carbocycles. The Morgan fingerprint density at radius 3 is 1.24 bits per heavy atom. The molecule has 2 rings (SSSR count). The SMILES string of the molecule is [O]S(=O)(=O)c1c(F)c(F)c2c(F)c(F)c(F)c(F)c2c1F. The molecule has 0 atom stereocenters. The van der Waals surface area contributed by atoms with E-state index in [0.717, 1.165) is 0 Å². The van der Waals surface area contributed by atoms with E-state index < -0.39 is 66.5 Å². The Labute approximate surface area is 111 Å². The van der Waals surface area contributed by atoms with Crippen molar-refractivity contribution >= 4 is 20.9 Å². The second-order valence-electron chi connectivity index (χ2n) is 3.73. The van der Waals surface area contributed by atoms with Crippen LogP contribution >= 0.6 is 0 Å². The first-order valence-electron chi connectivity index (χ1n) is 4.78. The van der Waals surface area contributed by atoms with Crippen molar-refractivity contribution in [2.45, 2.75) is 4.90 Å². The van der Waals surface area contributed by atoms with Gasteiger partial charge in [-0.05, 0) is 0 Å². The summed E-state index contributed by atoms with van der Waals surface area (Å²) in [7, 11) is -5.98. The van der Waals surface area contributed by atoms with E-state index in [4.69, 9.17) is 0 Å². The van der Waals surface area contributed by atoms with Crippen molar-refractivity contribution in [1.82, 2.24) is 0 Å². The molecule has 0 fully saturated rings. The fourth-order valence-corrected chi connectivity index (χ4v) is 2.31. The van der Waals surface area contributed by atoms with Crippen LogP contribution in [0.25, 0.3) is 10.8 Å². The van der Waals surface area contributed by atoms with Crippen LogP contribution in [-0.4, -0.2) is 8.42 Å². The van der Waals surface area contributed by atoms with Crippen molar-refractivity contribution in [1.29, 1.82) is 0 Å². The smallest absolute Gasteiger partial charge is 0.205 e. The van der Waals surface area contributed by atoms with Crippen LogP contribution in [0.5, 0.6) is 0 Å². The van der Waals surface area contributed by atoms with Gasteiger partial charge in [-0.25, -0.2) is 30.7 Å². The second kappa shape index (κ2) is 4.56. The van der Waals surface area contributed by atoms with Crippen molar-refractivity contribution < 1.29 is 43.7 Å². The number of rotatable bonds is 1. The molecule has 21 heavy (non-hydrogen) atoms. The van der Waals surface area contributed by atoms with Gasteiger partial charge in [0, 0.05) is 0 Å². The number of fused-ring (bicyclic) bond motifs is 1. The van der Waals surface area contributed by atoms with Crippen LogP contribution in [0.3, 0.4) is 0 Å². The van der Waals surface area contributed by atoms with Crippen LogP contribution in [0.2, 0.25) is 0 Å². The summed E-state index contributed by atoms with van der Waals surface area (Å²) in [6.07, 6.45) is 0. The van der Waals surface area contributed by atoms with Gasteiger partial charge in [-0.2, -0.15) is 8.42 Å². The fourth-order valence-electron chi connectivity index (χ4n) is 1.68. The molecule has 2 aromatic rings. The third-order valence-electron chi connectivity index (χ3n) is 2.55. The Hall–Kier alpha value is -1.88. The molecular weight excluding hydrogens is 333 g/mol. The highest BCUT2D eigenvalue weighted by atomic mass is 32.2. The number of hydrogen-bond donors (Lipinski definition) is 0. The lowest BCUT2D eigenvalue weighted by Crippen LogP contribution is -2.11. The van der Waals surface area contributed by atoms with Gasteiger partial charge in [0.05, 0.1) is 10.8 Å². The van der Waals surface area contributed by atoms with Crippen LogP contribution in [0, 0.1) is 40.7 Å². The molecule has 0 aliphatic rings. The van der Waals surface area contributed by atoms with E-state index >= 15 is 0 Å². The summed E-state index contributed by atoms with van der Waals surface area (Å²) in [4.78, 5) is -2.46. The highest BCUT2D eigenvalue weighted by Gasteiger charge is 2.35. The van der Waals surface area contributed by atoms with Gasteiger partial charge in [-0.3, -0.25) is 0 Å². The maximum absolute atomic E-state index is 13.7. The lowest BCUT2D eigenvalue weighted by atomic mass is 10.1. The van der Waals surface area contributed by atoms with Gasteiger partial charge in [-0.15, -0.1) is 0 Å². The van der Waals surface area contributed by atoms with Gasteiger partial charge in [0.2, 0.25) is 0 Å². The Morgan fingerprint density at radius 2 is 0.857 bits per heavy atom. The second-order valence-corrected chi connectivity index (χ2v) is 5.05. The third kappa shape index (κ3) is 2.03. The van der Waals surface area contributed by atoms with E-state index in [-0.39, 0.29) is 0 Å². The van der Waals surface area contributed by atoms with Gasteiger partial charge in [0.1, 0.15) is 0 Å². The zero-order valence-electron chi connectivity index (χ0n) is 9.28. The van der Waals surface area contributed by atoms with E-state index in [9.17, 15) is 43.7 Å². The largest absolute Gasteiger partial charge is 0.330 e. The minimum absolute atomic E-state index is 1.99. The van der Waals surface area contributed by atoms with Crippen molar-refractivity contribution in [3.05, 3.63) is 40.7 Å². The summed E-state index contributed by atoms with van der Waals surface area (Å²) >= 11 is 0. The average molecular weight is 333 g/mol. The topological polar surface area (TPSA) is 54.0 Å². The maximum Gasteiger partial charge on any atom is 0.330 e. The molecule has 0 bridgehead atoms. The van der Waals surface area contributed by atoms with E-state index in [1.165, 1.54) is 0 Å². The summed E-state index contributed by atoms with van der Waals surface area (Å²) in [5.74, 6) is -17.9. The standard InChI is InChI=1S/C10F7O3S/c11-3-1-2(4(12)8(16)7(3)15)6(14)10(21(18,19)20)9(17)5(1)13. The quantitative estimate of drug-likeness (QED) is 0.458. The fraction of sp³-hybridized carbons (Fsp3) is 0. The molecule has 11 heteroatoms. The molecule has 0 aliphatic heterocycles. The predicted molar refractivity (Wildman–Crippen MR) is 51.5 cm³/mol. The summed E-state index contributed by atoms with van der Waals surface area (Å²) < 4.78 is 125. The monoisotopic (exact) mass is 333 g/mol. The van der Waals surface area contributed by atoms with Crippen molar-refractivity contribution in [3.63, 3.8) is 0 Å². The molecule has 0 aromatic heterocycles. The zero-order chi connectivity index (χ0) is 16.3.